The number of nitrogens with one attached hydrogen (secondary N) is 2. The summed E-state index contributed by atoms with van der Waals surface area (Å²) in [5.41, 5.74) is 1.86. The van der Waals surface area contributed by atoms with Crippen LogP contribution in [0.15, 0.2) is 48.5 Å². The number of H-pyrrole nitrogens is 1. The lowest BCUT2D eigenvalue weighted by Crippen LogP contribution is -2.12. The molecule has 1 heterocycles. The zero-order chi connectivity index (χ0) is 14.1. The molecule has 0 aliphatic rings. The lowest BCUT2D eigenvalue weighted by atomic mass is 10.2. The van der Waals surface area contributed by atoms with E-state index in [0.29, 0.717) is 11.1 Å². The molecule has 5 heteroatoms. The largest absolute Gasteiger partial charge is 0.351 e. The van der Waals surface area contributed by atoms with E-state index < -0.39 is 0 Å². The zero-order valence-corrected chi connectivity index (χ0v) is 12.4. The number of aromatic amines is 1. The average molecular weight is 380 g/mol. The van der Waals surface area contributed by atoms with Gasteiger partial charge in [0.05, 0.1) is 0 Å². The molecule has 0 saturated heterocycles. The van der Waals surface area contributed by atoms with E-state index in [2.05, 4.69) is 32.9 Å². The van der Waals surface area contributed by atoms with E-state index in [-0.39, 0.29) is 11.7 Å². The molecule has 0 saturated carbocycles. The van der Waals surface area contributed by atoms with Crippen LogP contribution in [0.1, 0.15) is 10.5 Å². The van der Waals surface area contributed by atoms with Gasteiger partial charge in [-0.3, -0.25) is 4.79 Å². The number of benzene rings is 2. The third kappa shape index (κ3) is 2.67. The van der Waals surface area contributed by atoms with Crippen molar-refractivity contribution in [1.82, 2.24) is 4.98 Å². The minimum atomic E-state index is -0.318. The Morgan fingerprint density at radius 2 is 1.85 bits per heavy atom. The van der Waals surface area contributed by atoms with Crippen molar-refractivity contribution < 1.29 is 9.18 Å². The summed E-state index contributed by atoms with van der Waals surface area (Å²) in [5, 5.41) is 3.47. The number of halogens is 2. The second-order valence-corrected chi connectivity index (χ2v) is 5.62. The predicted octanol–water partition coefficient (Wildman–Crippen LogP) is 4.16. The quantitative estimate of drug-likeness (QED) is 0.645. The molecule has 1 aromatic heterocycles. The summed E-state index contributed by atoms with van der Waals surface area (Å²) >= 11 is 2.20. The van der Waals surface area contributed by atoms with Crippen molar-refractivity contribution >= 4 is 45.1 Å². The van der Waals surface area contributed by atoms with E-state index in [1.54, 1.807) is 12.1 Å². The van der Waals surface area contributed by atoms with Crippen molar-refractivity contribution in [3.8, 4) is 0 Å². The molecule has 0 atom stereocenters. The molecule has 0 aliphatic carbocycles. The molecule has 2 N–H and O–H groups in total. The van der Waals surface area contributed by atoms with Crippen molar-refractivity contribution in [3.63, 3.8) is 0 Å². The number of aromatic nitrogens is 1. The summed E-state index contributed by atoms with van der Waals surface area (Å²) < 4.78 is 14.2. The maximum absolute atomic E-state index is 13.1. The number of anilines is 1. The van der Waals surface area contributed by atoms with Crippen LogP contribution in [0.3, 0.4) is 0 Å². The molecule has 0 radical (unpaired) electrons. The standard InChI is InChI=1S/C15H10FIN2O/c16-10-1-6-13-9(7-10)8-14(19-13)15(20)18-12-4-2-11(17)3-5-12/h1-8,19H,(H,18,20). The number of carbonyl (C=O) groups is 1. The van der Waals surface area contributed by atoms with E-state index in [1.807, 2.05) is 24.3 Å². The van der Waals surface area contributed by atoms with Crippen LogP contribution in [0.4, 0.5) is 10.1 Å². The van der Waals surface area contributed by atoms with E-state index >= 15 is 0 Å². The van der Waals surface area contributed by atoms with Gasteiger partial charge in [-0.15, -0.1) is 0 Å². The first-order chi connectivity index (χ1) is 9.61. The van der Waals surface area contributed by atoms with Crippen LogP contribution in [0.2, 0.25) is 0 Å². The fourth-order valence-electron chi connectivity index (χ4n) is 1.96. The Kier molecular flexibility index (Phi) is 3.43. The molecule has 3 aromatic rings. The summed E-state index contributed by atoms with van der Waals surface area (Å²) in [7, 11) is 0. The highest BCUT2D eigenvalue weighted by molar-refractivity contribution is 14.1. The molecule has 0 fully saturated rings. The molecule has 3 nitrogen and oxygen atoms in total. The summed E-state index contributed by atoms with van der Waals surface area (Å²) in [5.74, 6) is -0.566. The van der Waals surface area contributed by atoms with E-state index in [4.69, 9.17) is 0 Å². The number of hydrogen-bond acceptors (Lipinski definition) is 1. The van der Waals surface area contributed by atoms with Crippen molar-refractivity contribution in [2.45, 2.75) is 0 Å². The molecule has 0 bridgehead atoms. The maximum Gasteiger partial charge on any atom is 0.272 e. The van der Waals surface area contributed by atoms with E-state index in [0.717, 1.165) is 14.8 Å². The van der Waals surface area contributed by atoms with Crippen LogP contribution >= 0.6 is 22.6 Å². The molecular formula is C15H10FIN2O. The van der Waals surface area contributed by atoms with Gasteiger partial charge < -0.3 is 10.3 Å². The van der Waals surface area contributed by atoms with E-state index in [9.17, 15) is 9.18 Å². The van der Waals surface area contributed by atoms with Crippen LogP contribution in [-0.2, 0) is 0 Å². The topological polar surface area (TPSA) is 44.9 Å². The van der Waals surface area contributed by atoms with Gasteiger partial charge in [0.25, 0.3) is 5.91 Å². The molecule has 0 unspecified atom stereocenters. The Hall–Kier alpha value is -1.89. The van der Waals surface area contributed by atoms with Gasteiger partial charge in [0.2, 0.25) is 0 Å². The molecule has 3 rings (SSSR count). The first kappa shape index (κ1) is 13.1. The SMILES string of the molecule is O=C(Nc1ccc(I)cc1)c1cc2cc(F)ccc2[nH]1. The van der Waals surface area contributed by atoms with Gasteiger partial charge in [0.1, 0.15) is 11.5 Å². The van der Waals surface area contributed by atoms with Crippen molar-refractivity contribution in [2.75, 3.05) is 5.32 Å². The molecular weight excluding hydrogens is 370 g/mol. The monoisotopic (exact) mass is 380 g/mol. The second kappa shape index (κ2) is 5.24. The van der Waals surface area contributed by atoms with Crippen LogP contribution in [0, 0.1) is 9.39 Å². The third-order valence-corrected chi connectivity index (χ3v) is 3.65. The van der Waals surface area contributed by atoms with Crippen LogP contribution in [0.5, 0.6) is 0 Å². The molecule has 20 heavy (non-hydrogen) atoms. The summed E-state index contributed by atoms with van der Waals surface area (Å²) in [4.78, 5) is 15.1. The Labute approximate surface area is 128 Å². The Morgan fingerprint density at radius 3 is 2.60 bits per heavy atom. The lowest BCUT2D eigenvalue weighted by molar-refractivity contribution is 0.102. The highest BCUT2D eigenvalue weighted by atomic mass is 127. The summed E-state index contributed by atoms with van der Waals surface area (Å²) in [6.45, 7) is 0. The molecule has 0 aliphatic heterocycles. The van der Waals surface area contributed by atoms with Gasteiger partial charge in [0.15, 0.2) is 0 Å². The molecule has 0 spiro atoms. The van der Waals surface area contributed by atoms with Crippen molar-refractivity contribution in [3.05, 3.63) is 63.6 Å². The molecule has 1 amide bonds. The maximum atomic E-state index is 13.1. The number of hydrogen-bond donors (Lipinski definition) is 2. The highest BCUT2D eigenvalue weighted by Gasteiger charge is 2.10. The van der Waals surface area contributed by atoms with Crippen LogP contribution in [-0.4, -0.2) is 10.9 Å². The highest BCUT2D eigenvalue weighted by Crippen LogP contribution is 2.18. The average Bonchev–Trinajstić information content (AvgIpc) is 2.84. The van der Waals surface area contributed by atoms with E-state index in [1.165, 1.54) is 12.1 Å². The first-order valence-electron chi connectivity index (χ1n) is 5.97. The van der Waals surface area contributed by atoms with Gasteiger partial charge >= 0.3 is 0 Å². The Morgan fingerprint density at radius 1 is 1.10 bits per heavy atom. The van der Waals surface area contributed by atoms with Gasteiger partial charge in [-0.25, -0.2) is 4.39 Å². The van der Waals surface area contributed by atoms with Crippen molar-refractivity contribution in [2.24, 2.45) is 0 Å². The van der Waals surface area contributed by atoms with Crippen LogP contribution < -0.4 is 5.32 Å². The minimum Gasteiger partial charge on any atom is -0.351 e. The Bertz CT molecular complexity index is 780. The summed E-state index contributed by atoms with van der Waals surface area (Å²) in [6, 6.07) is 13.5. The number of amides is 1. The van der Waals surface area contributed by atoms with Gasteiger partial charge in [-0.05, 0) is 71.1 Å². The molecule has 100 valence electrons. The first-order valence-corrected chi connectivity index (χ1v) is 7.05. The van der Waals surface area contributed by atoms with Crippen molar-refractivity contribution in [1.29, 1.82) is 0 Å². The van der Waals surface area contributed by atoms with Gasteiger partial charge in [0, 0.05) is 20.2 Å². The number of carbonyl (C=O) groups excluding carboxylic acids is 1. The number of rotatable bonds is 2. The smallest absolute Gasteiger partial charge is 0.272 e. The predicted molar refractivity (Wildman–Crippen MR) is 85.4 cm³/mol. The van der Waals surface area contributed by atoms with Gasteiger partial charge in [-0.1, -0.05) is 0 Å². The number of fused-ring (bicyclic) bond motifs is 1. The Balaban J connectivity index is 1.86. The normalized spacial score (nSPS) is 10.7. The lowest BCUT2D eigenvalue weighted by Gasteiger charge is -2.03. The van der Waals surface area contributed by atoms with Gasteiger partial charge in [-0.2, -0.15) is 0 Å². The summed E-state index contributed by atoms with van der Waals surface area (Å²) in [6.07, 6.45) is 0. The third-order valence-electron chi connectivity index (χ3n) is 2.93. The zero-order valence-electron chi connectivity index (χ0n) is 10.3. The van der Waals surface area contributed by atoms with Crippen LogP contribution in [0.25, 0.3) is 10.9 Å². The second-order valence-electron chi connectivity index (χ2n) is 4.38. The minimum absolute atomic E-state index is 0.247. The fourth-order valence-corrected chi connectivity index (χ4v) is 2.32. The molecule has 2 aromatic carbocycles. The fraction of sp³-hybridized carbons (Fsp3) is 0.